The van der Waals surface area contributed by atoms with Gasteiger partial charge < -0.3 is 15.2 Å². The first-order valence-corrected chi connectivity index (χ1v) is 7.25. The Kier molecular flexibility index (Phi) is 3.66. The summed E-state index contributed by atoms with van der Waals surface area (Å²) >= 11 is 0. The summed E-state index contributed by atoms with van der Waals surface area (Å²) in [6.07, 6.45) is 6.97. The Bertz CT molecular complexity index is 708. The molecule has 2 aromatic rings. The number of rotatable bonds is 3. The highest BCUT2D eigenvalue weighted by atomic mass is 16.2. The lowest BCUT2D eigenvalue weighted by Gasteiger charge is -2.25. The largest absolute Gasteiger partial charge is 0.366 e. The van der Waals surface area contributed by atoms with E-state index in [1.54, 1.807) is 36.3 Å². The Morgan fingerprint density at radius 1 is 1.32 bits per heavy atom. The molecule has 2 aromatic heterocycles. The summed E-state index contributed by atoms with van der Waals surface area (Å²) in [5, 5.41) is 0. The van der Waals surface area contributed by atoms with Crippen LogP contribution >= 0.6 is 0 Å². The maximum atomic E-state index is 12.8. The van der Waals surface area contributed by atoms with Gasteiger partial charge in [0.05, 0.1) is 11.6 Å². The first-order valence-electron chi connectivity index (χ1n) is 7.25. The lowest BCUT2D eigenvalue weighted by atomic mass is 10.1. The molecule has 1 unspecified atom stereocenters. The van der Waals surface area contributed by atoms with E-state index in [4.69, 9.17) is 5.73 Å². The third-order valence-electron chi connectivity index (χ3n) is 4.11. The second kappa shape index (κ2) is 5.63. The fraction of sp³-hybridized carbons (Fsp3) is 0.312. The number of primary amides is 1. The predicted octanol–water partition coefficient (Wildman–Crippen LogP) is 1.50. The van der Waals surface area contributed by atoms with Crippen molar-refractivity contribution in [2.75, 3.05) is 6.54 Å². The van der Waals surface area contributed by atoms with Crippen molar-refractivity contribution in [3.05, 3.63) is 53.6 Å². The minimum atomic E-state index is -0.526. The molecule has 1 fully saturated rings. The first-order chi connectivity index (χ1) is 10.6. The van der Waals surface area contributed by atoms with E-state index < -0.39 is 5.91 Å². The fourth-order valence-electron chi connectivity index (χ4n) is 3.00. The van der Waals surface area contributed by atoms with Crippen LogP contribution in [0.1, 0.15) is 45.3 Å². The summed E-state index contributed by atoms with van der Waals surface area (Å²) < 4.78 is 1.66. The number of pyridine rings is 1. The zero-order chi connectivity index (χ0) is 15.7. The van der Waals surface area contributed by atoms with Crippen LogP contribution in [0.3, 0.4) is 0 Å². The third-order valence-corrected chi connectivity index (χ3v) is 4.11. The van der Waals surface area contributed by atoms with E-state index in [9.17, 15) is 9.59 Å². The van der Waals surface area contributed by atoms with Gasteiger partial charge in [0.2, 0.25) is 5.91 Å². The molecule has 0 radical (unpaired) electrons. The first kappa shape index (κ1) is 14.3. The molecule has 1 atom stereocenters. The molecule has 6 nitrogen and oxygen atoms in total. The number of amides is 2. The van der Waals surface area contributed by atoms with Gasteiger partial charge in [0.1, 0.15) is 5.69 Å². The maximum Gasteiger partial charge on any atom is 0.271 e. The normalized spacial score (nSPS) is 17.7. The molecule has 1 aliphatic heterocycles. The van der Waals surface area contributed by atoms with E-state index in [-0.39, 0.29) is 11.9 Å². The van der Waals surface area contributed by atoms with Crippen LogP contribution in [0.2, 0.25) is 0 Å². The van der Waals surface area contributed by atoms with Crippen molar-refractivity contribution in [1.29, 1.82) is 0 Å². The number of hydrogen-bond donors (Lipinski definition) is 1. The van der Waals surface area contributed by atoms with E-state index in [1.807, 2.05) is 17.0 Å². The summed E-state index contributed by atoms with van der Waals surface area (Å²) in [4.78, 5) is 30.0. The van der Waals surface area contributed by atoms with E-state index in [2.05, 4.69) is 4.98 Å². The summed E-state index contributed by atoms with van der Waals surface area (Å²) in [5.74, 6) is -0.601. The molecule has 114 valence electrons. The van der Waals surface area contributed by atoms with Gasteiger partial charge in [-0.05, 0) is 36.6 Å². The van der Waals surface area contributed by atoms with Crippen LogP contribution in [0, 0.1) is 0 Å². The Labute approximate surface area is 128 Å². The highest BCUT2D eigenvalue weighted by Gasteiger charge is 2.32. The van der Waals surface area contributed by atoms with E-state index in [1.165, 1.54) is 0 Å². The van der Waals surface area contributed by atoms with Gasteiger partial charge in [-0.1, -0.05) is 0 Å². The standard InChI is InChI=1S/C16H18N4O2/c1-19-10-12(15(17)21)9-14(19)16(22)20-8-2-3-13(20)11-4-6-18-7-5-11/h4-7,9-10,13H,2-3,8H2,1H3,(H2,17,21). The Balaban J connectivity index is 1.89. The monoisotopic (exact) mass is 298 g/mol. The van der Waals surface area contributed by atoms with Gasteiger partial charge in [0, 0.05) is 32.2 Å². The zero-order valence-electron chi connectivity index (χ0n) is 12.4. The predicted molar refractivity (Wildman–Crippen MR) is 81.2 cm³/mol. The van der Waals surface area contributed by atoms with Crippen molar-refractivity contribution < 1.29 is 9.59 Å². The van der Waals surface area contributed by atoms with E-state index in [0.717, 1.165) is 18.4 Å². The van der Waals surface area contributed by atoms with Gasteiger partial charge >= 0.3 is 0 Å². The Hall–Kier alpha value is -2.63. The Morgan fingerprint density at radius 3 is 2.68 bits per heavy atom. The van der Waals surface area contributed by atoms with Crippen LogP contribution in [-0.2, 0) is 7.05 Å². The molecule has 0 bridgehead atoms. The van der Waals surface area contributed by atoms with Crippen molar-refractivity contribution in [1.82, 2.24) is 14.5 Å². The molecule has 3 rings (SSSR count). The molecular weight excluding hydrogens is 280 g/mol. The number of nitrogens with zero attached hydrogens (tertiary/aromatic N) is 3. The number of carbonyl (C=O) groups excluding carboxylic acids is 2. The highest BCUT2D eigenvalue weighted by Crippen LogP contribution is 2.32. The minimum Gasteiger partial charge on any atom is -0.366 e. The van der Waals surface area contributed by atoms with Gasteiger partial charge in [-0.25, -0.2) is 0 Å². The summed E-state index contributed by atoms with van der Waals surface area (Å²) in [7, 11) is 1.75. The molecule has 22 heavy (non-hydrogen) atoms. The number of aromatic nitrogens is 2. The molecule has 0 aliphatic carbocycles. The SMILES string of the molecule is Cn1cc(C(N)=O)cc1C(=O)N1CCCC1c1ccncc1. The lowest BCUT2D eigenvalue weighted by molar-refractivity contribution is 0.0726. The van der Waals surface area contributed by atoms with Gasteiger partial charge in [-0.3, -0.25) is 14.6 Å². The Morgan fingerprint density at radius 2 is 2.05 bits per heavy atom. The van der Waals surface area contributed by atoms with Gasteiger partial charge in [-0.15, -0.1) is 0 Å². The van der Waals surface area contributed by atoms with Gasteiger partial charge in [-0.2, -0.15) is 0 Å². The molecular formula is C16H18N4O2. The van der Waals surface area contributed by atoms with Crippen LogP contribution in [-0.4, -0.2) is 32.8 Å². The lowest BCUT2D eigenvalue weighted by Crippen LogP contribution is -2.31. The van der Waals surface area contributed by atoms with E-state index >= 15 is 0 Å². The van der Waals surface area contributed by atoms with Crippen molar-refractivity contribution in [3.63, 3.8) is 0 Å². The number of likely N-dealkylation sites (tertiary alicyclic amines) is 1. The van der Waals surface area contributed by atoms with Crippen LogP contribution in [0.4, 0.5) is 0 Å². The van der Waals surface area contributed by atoms with Crippen LogP contribution < -0.4 is 5.73 Å². The topological polar surface area (TPSA) is 81.2 Å². The van der Waals surface area contributed by atoms with Crippen LogP contribution in [0.5, 0.6) is 0 Å². The van der Waals surface area contributed by atoms with Crippen LogP contribution in [0.25, 0.3) is 0 Å². The fourth-order valence-corrected chi connectivity index (χ4v) is 3.00. The minimum absolute atomic E-state index is 0.0578. The second-order valence-electron chi connectivity index (χ2n) is 5.53. The number of nitrogens with two attached hydrogens (primary N) is 1. The quantitative estimate of drug-likeness (QED) is 0.932. The zero-order valence-corrected chi connectivity index (χ0v) is 12.4. The van der Waals surface area contributed by atoms with Gasteiger partial charge in [0.15, 0.2) is 0 Å². The second-order valence-corrected chi connectivity index (χ2v) is 5.53. The maximum absolute atomic E-state index is 12.8. The molecule has 3 heterocycles. The van der Waals surface area contributed by atoms with Crippen molar-refractivity contribution in [2.24, 2.45) is 12.8 Å². The highest BCUT2D eigenvalue weighted by molar-refractivity contribution is 5.99. The van der Waals surface area contributed by atoms with Crippen LogP contribution in [0.15, 0.2) is 36.8 Å². The molecule has 1 saturated heterocycles. The average molecular weight is 298 g/mol. The smallest absolute Gasteiger partial charge is 0.271 e. The molecule has 1 aliphatic rings. The molecule has 6 heteroatoms. The molecule has 0 aromatic carbocycles. The van der Waals surface area contributed by atoms with Gasteiger partial charge in [0.25, 0.3) is 5.91 Å². The summed E-state index contributed by atoms with van der Waals surface area (Å²) in [6, 6.07) is 5.50. The molecule has 2 N–H and O–H groups in total. The average Bonchev–Trinajstić information content (AvgIpc) is 3.14. The number of hydrogen-bond acceptors (Lipinski definition) is 3. The van der Waals surface area contributed by atoms with Crippen molar-refractivity contribution in [2.45, 2.75) is 18.9 Å². The number of aryl methyl sites for hydroxylation is 1. The third kappa shape index (κ3) is 2.47. The van der Waals surface area contributed by atoms with Crippen molar-refractivity contribution in [3.8, 4) is 0 Å². The molecule has 0 spiro atoms. The summed E-state index contributed by atoms with van der Waals surface area (Å²) in [6.45, 7) is 0.711. The van der Waals surface area contributed by atoms with E-state index in [0.29, 0.717) is 17.8 Å². The summed E-state index contributed by atoms with van der Waals surface area (Å²) in [5.41, 5.74) is 7.21. The molecule has 0 saturated carbocycles. The molecule has 2 amide bonds. The van der Waals surface area contributed by atoms with Crippen molar-refractivity contribution >= 4 is 11.8 Å². The number of carbonyl (C=O) groups is 2.